The lowest BCUT2D eigenvalue weighted by Gasteiger charge is -2.42. The fraction of sp³-hybridized carbons (Fsp3) is 0.333. The molecule has 9 heteroatoms. The Balaban J connectivity index is 0.00000256. The molecule has 4 rings (SSSR count). The zero-order valence-corrected chi connectivity index (χ0v) is 18.3. The standard InChI is InChI=1S/C21H21F2N3O2S.ClH/c1-11-9-26(10-21(2,3)25-11)20(28)15-5-12(4-13-8-24-29-19(13)15)18-16(22)6-14(27)7-17(18)23;/h4-8,11,25,27H,9-10H2,1-3H3;1H/t11-;/m0./s1. The molecule has 1 aliphatic rings. The molecule has 30 heavy (non-hydrogen) atoms. The number of carbonyl (C=O) groups excluding carboxylic acids is 1. The number of aromatic nitrogens is 1. The van der Waals surface area contributed by atoms with Gasteiger partial charge in [-0.3, -0.25) is 4.79 Å². The van der Waals surface area contributed by atoms with Crippen LogP contribution in [0, 0.1) is 11.6 Å². The second kappa shape index (κ2) is 8.09. The number of phenols is 1. The first kappa shape index (κ1) is 22.4. The van der Waals surface area contributed by atoms with Crippen LogP contribution in [0.15, 0.2) is 30.5 Å². The van der Waals surface area contributed by atoms with E-state index in [4.69, 9.17) is 0 Å². The summed E-state index contributed by atoms with van der Waals surface area (Å²) in [5.41, 5.74) is 0.0849. The third kappa shape index (κ3) is 4.12. The van der Waals surface area contributed by atoms with E-state index in [-0.39, 0.29) is 41.0 Å². The first-order valence-corrected chi connectivity index (χ1v) is 10.1. The number of hydrogen-bond donors (Lipinski definition) is 2. The Bertz CT molecular complexity index is 1100. The van der Waals surface area contributed by atoms with Gasteiger partial charge < -0.3 is 15.3 Å². The normalized spacial score (nSPS) is 18.3. The summed E-state index contributed by atoms with van der Waals surface area (Å²) in [6, 6.07) is 4.96. The Kier molecular flexibility index (Phi) is 6.04. The molecule has 3 aromatic rings. The number of fused-ring (bicyclic) bond motifs is 1. The van der Waals surface area contributed by atoms with Gasteiger partial charge in [0.1, 0.15) is 17.4 Å². The van der Waals surface area contributed by atoms with Crippen LogP contribution in [0.1, 0.15) is 31.1 Å². The van der Waals surface area contributed by atoms with Crippen molar-refractivity contribution in [2.75, 3.05) is 13.1 Å². The summed E-state index contributed by atoms with van der Waals surface area (Å²) >= 11 is 1.18. The van der Waals surface area contributed by atoms with Crippen molar-refractivity contribution in [3.63, 3.8) is 0 Å². The predicted octanol–water partition coefficient (Wildman–Crippen LogP) is 4.58. The van der Waals surface area contributed by atoms with Crippen LogP contribution in [0.5, 0.6) is 5.75 Å². The summed E-state index contributed by atoms with van der Waals surface area (Å²) in [6.45, 7) is 7.13. The molecule has 1 aromatic heterocycles. The van der Waals surface area contributed by atoms with Gasteiger partial charge in [-0.15, -0.1) is 12.4 Å². The number of amides is 1. The Morgan fingerprint density at radius 2 is 1.93 bits per heavy atom. The van der Waals surface area contributed by atoms with Crippen LogP contribution in [0.2, 0.25) is 0 Å². The fourth-order valence-corrected chi connectivity index (χ4v) is 4.81. The smallest absolute Gasteiger partial charge is 0.255 e. The van der Waals surface area contributed by atoms with E-state index >= 15 is 0 Å². The number of carbonyl (C=O) groups is 1. The zero-order valence-electron chi connectivity index (χ0n) is 16.7. The van der Waals surface area contributed by atoms with Gasteiger partial charge in [0, 0.05) is 48.4 Å². The maximum atomic E-state index is 14.4. The number of rotatable bonds is 2. The number of piperazine rings is 1. The van der Waals surface area contributed by atoms with E-state index < -0.39 is 17.4 Å². The number of phenolic OH excluding ortho intramolecular Hbond substituents is 1. The molecule has 0 radical (unpaired) electrons. The topological polar surface area (TPSA) is 65.5 Å². The molecule has 0 unspecified atom stereocenters. The summed E-state index contributed by atoms with van der Waals surface area (Å²) in [4.78, 5) is 15.2. The minimum Gasteiger partial charge on any atom is -0.508 e. The molecule has 1 amide bonds. The van der Waals surface area contributed by atoms with Crippen LogP contribution in [0.25, 0.3) is 21.2 Å². The van der Waals surface area contributed by atoms with Crippen molar-refractivity contribution in [2.45, 2.75) is 32.4 Å². The summed E-state index contributed by atoms with van der Waals surface area (Å²) in [5.74, 6) is -2.46. The van der Waals surface area contributed by atoms with Crippen LogP contribution >= 0.6 is 23.9 Å². The number of aromatic hydroxyl groups is 1. The molecule has 1 atom stereocenters. The summed E-state index contributed by atoms with van der Waals surface area (Å²) in [7, 11) is 0. The van der Waals surface area contributed by atoms with Gasteiger partial charge in [-0.1, -0.05) is 0 Å². The van der Waals surface area contributed by atoms with Crippen molar-refractivity contribution in [1.29, 1.82) is 0 Å². The lowest BCUT2D eigenvalue weighted by molar-refractivity contribution is 0.0598. The van der Waals surface area contributed by atoms with Gasteiger partial charge in [-0.25, -0.2) is 8.78 Å². The molecule has 0 bridgehead atoms. The number of halogens is 3. The highest BCUT2D eigenvalue weighted by Crippen LogP contribution is 2.35. The van der Waals surface area contributed by atoms with Crippen LogP contribution in [-0.4, -0.2) is 45.0 Å². The predicted molar refractivity (Wildman–Crippen MR) is 116 cm³/mol. The SMILES string of the molecule is C[C@H]1CN(C(=O)c2cc(-c3c(F)cc(O)cc3F)cc3cnsc23)CC(C)(C)N1.Cl. The fourth-order valence-electron chi connectivity index (χ4n) is 4.08. The second-order valence-electron chi connectivity index (χ2n) is 8.17. The van der Waals surface area contributed by atoms with Crippen molar-refractivity contribution in [2.24, 2.45) is 0 Å². The molecule has 2 N–H and O–H groups in total. The van der Waals surface area contributed by atoms with E-state index in [1.165, 1.54) is 17.6 Å². The summed E-state index contributed by atoms with van der Waals surface area (Å²) in [5, 5.41) is 13.5. The van der Waals surface area contributed by atoms with Gasteiger partial charge >= 0.3 is 0 Å². The van der Waals surface area contributed by atoms with E-state index in [2.05, 4.69) is 9.69 Å². The van der Waals surface area contributed by atoms with Gasteiger partial charge in [0.25, 0.3) is 5.91 Å². The molecule has 160 valence electrons. The highest BCUT2D eigenvalue weighted by atomic mass is 35.5. The first-order chi connectivity index (χ1) is 13.6. The third-order valence-corrected chi connectivity index (χ3v) is 5.85. The van der Waals surface area contributed by atoms with Crippen molar-refractivity contribution in [3.05, 3.63) is 47.7 Å². The highest BCUT2D eigenvalue weighted by molar-refractivity contribution is 7.13. The lowest BCUT2D eigenvalue weighted by Crippen LogP contribution is -2.62. The highest BCUT2D eigenvalue weighted by Gasteiger charge is 2.33. The molecule has 1 fully saturated rings. The molecule has 0 aliphatic carbocycles. The van der Waals surface area contributed by atoms with Crippen LogP contribution in [0.3, 0.4) is 0 Å². The number of hydrogen-bond acceptors (Lipinski definition) is 5. The minimum absolute atomic E-state index is 0. The Hall–Kier alpha value is -2.29. The number of nitrogens with zero attached hydrogens (tertiary/aromatic N) is 2. The third-order valence-electron chi connectivity index (χ3n) is 5.00. The molecule has 0 saturated carbocycles. The van der Waals surface area contributed by atoms with Gasteiger partial charge in [0.15, 0.2) is 0 Å². The summed E-state index contributed by atoms with van der Waals surface area (Å²) < 4.78 is 33.7. The van der Waals surface area contributed by atoms with E-state index in [1.54, 1.807) is 17.2 Å². The van der Waals surface area contributed by atoms with E-state index in [1.807, 2.05) is 20.8 Å². The maximum Gasteiger partial charge on any atom is 0.255 e. The Morgan fingerprint density at radius 1 is 1.27 bits per heavy atom. The van der Waals surface area contributed by atoms with Crippen molar-refractivity contribution >= 4 is 39.9 Å². The molecule has 5 nitrogen and oxygen atoms in total. The Labute approximate surface area is 183 Å². The number of nitrogens with one attached hydrogen (secondary N) is 1. The first-order valence-electron chi connectivity index (χ1n) is 9.28. The summed E-state index contributed by atoms with van der Waals surface area (Å²) in [6.07, 6.45) is 1.58. The van der Waals surface area contributed by atoms with Crippen molar-refractivity contribution < 1.29 is 18.7 Å². The Morgan fingerprint density at radius 3 is 2.57 bits per heavy atom. The van der Waals surface area contributed by atoms with Crippen molar-refractivity contribution in [3.8, 4) is 16.9 Å². The largest absolute Gasteiger partial charge is 0.508 e. The average molecular weight is 454 g/mol. The van der Waals surface area contributed by atoms with Gasteiger partial charge in [-0.05, 0) is 50.0 Å². The van der Waals surface area contributed by atoms with E-state index in [0.29, 0.717) is 28.7 Å². The molecular weight excluding hydrogens is 432 g/mol. The minimum atomic E-state index is -0.889. The van der Waals surface area contributed by atoms with Gasteiger partial charge in [0.05, 0.1) is 15.8 Å². The number of benzene rings is 2. The zero-order chi connectivity index (χ0) is 20.9. The quantitative estimate of drug-likeness (QED) is 0.596. The van der Waals surface area contributed by atoms with Crippen LogP contribution in [0.4, 0.5) is 8.78 Å². The molecule has 1 aliphatic heterocycles. The van der Waals surface area contributed by atoms with Crippen LogP contribution < -0.4 is 5.32 Å². The van der Waals surface area contributed by atoms with Gasteiger partial charge in [0.2, 0.25) is 0 Å². The van der Waals surface area contributed by atoms with Crippen molar-refractivity contribution in [1.82, 2.24) is 14.6 Å². The molecule has 1 saturated heterocycles. The monoisotopic (exact) mass is 453 g/mol. The lowest BCUT2D eigenvalue weighted by atomic mass is 9.96. The van der Waals surface area contributed by atoms with E-state index in [0.717, 1.165) is 12.1 Å². The van der Waals surface area contributed by atoms with E-state index in [9.17, 15) is 18.7 Å². The van der Waals surface area contributed by atoms with Gasteiger partial charge in [-0.2, -0.15) is 4.37 Å². The molecular formula is C21H22ClF2N3O2S. The average Bonchev–Trinajstić information content (AvgIpc) is 3.06. The maximum absolute atomic E-state index is 14.4. The molecule has 0 spiro atoms. The molecule has 2 aromatic carbocycles. The second-order valence-corrected chi connectivity index (χ2v) is 8.97. The van der Waals surface area contributed by atoms with Crippen LogP contribution in [-0.2, 0) is 0 Å². The molecule has 2 heterocycles.